The third kappa shape index (κ3) is 3.46. The highest BCUT2D eigenvalue weighted by molar-refractivity contribution is 14.1. The van der Waals surface area contributed by atoms with E-state index in [0.717, 1.165) is 11.3 Å². The zero-order valence-electron chi connectivity index (χ0n) is 14.5. The molecule has 0 saturated carbocycles. The summed E-state index contributed by atoms with van der Waals surface area (Å²) in [5.41, 5.74) is 8.42. The van der Waals surface area contributed by atoms with E-state index in [0.29, 0.717) is 0 Å². The highest BCUT2D eigenvalue weighted by Gasteiger charge is 2.10. The van der Waals surface area contributed by atoms with E-state index < -0.39 is 0 Å². The van der Waals surface area contributed by atoms with Gasteiger partial charge in [-0.15, -0.1) is 0 Å². The van der Waals surface area contributed by atoms with Gasteiger partial charge >= 0.3 is 0 Å². The fraction of sp³-hybridized carbons (Fsp3) is 0.190. The summed E-state index contributed by atoms with van der Waals surface area (Å²) >= 11 is 2.31. The molecule has 3 heteroatoms. The third-order valence-electron chi connectivity index (χ3n) is 4.38. The standard InChI is InChI=1S/C21H21IN2/c1-14-8-9-21(10-15(14)2)24-16(3)11-18(17(24)4)13-23-20-7-5-6-19(22)12-20/h5-13H,1-4H3. The number of aromatic nitrogens is 1. The molecule has 0 aliphatic carbocycles. The molecule has 0 unspecified atom stereocenters. The zero-order valence-corrected chi connectivity index (χ0v) is 16.6. The lowest BCUT2D eigenvalue weighted by Gasteiger charge is -2.11. The molecule has 0 atom stereocenters. The van der Waals surface area contributed by atoms with Crippen LogP contribution in [0.5, 0.6) is 0 Å². The Morgan fingerprint density at radius 2 is 1.71 bits per heavy atom. The van der Waals surface area contributed by atoms with Crippen LogP contribution in [0.4, 0.5) is 5.69 Å². The van der Waals surface area contributed by atoms with Gasteiger partial charge in [0.2, 0.25) is 0 Å². The zero-order chi connectivity index (χ0) is 17.3. The van der Waals surface area contributed by atoms with Crippen LogP contribution in [0.3, 0.4) is 0 Å². The predicted molar refractivity (Wildman–Crippen MR) is 111 cm³/mol. The maximum absolute atomic E-state index is 4.63. The van der Waals surface area contributed by atoms with Crippen LogP contribution in [0.15, 0.2) is 53.5 Å². The molecule has 0 spiro atoms. The molecule has 0 bridgehead atoms. The van der Waals surface area contributed by atoms with E-state index in [-0.39, 0.29) is 0 Å². The number of nitrogens with zero attached hydrogens (tertiary/aromatic N) is 2. The molecule has 1 heterocycles. The molecule has 3 aromatic rings. The molecule has 3 rings (SSSR count). The summed E-state index contributed by atoms with van der Waals surface area (Å²) in [5.74, 6) is 0. The van der Waals surface area contributed by atoms with Crippen LogP contribution in [0.25, 0.3) is 5.69 Å². The molecule has 0 aliphatic rings. The molecular weight excluding hydrogens is 407 g/mol. The molecule has 122 valence electrons. The van der Waals surface area contributed by atoms with Gasteiger partial charge in [0.1, 0.15) is 0 Å². The van der Waals surface area contributed by atoms with Gasteiger partial charge in [0.05, 0.1) is 5.69 Å². The number of benzene rings is 2. The summed E-state index contributed by atoms with van der Waals surface area (Å²) in [6, 6.07) is 17.0. The van der Waals surface area contributed by atoms with Crippen LogP contribution >= 0.6 is 22.6 Å². The Hall–Kier alpha value is -1.88. The van der Waals surface area contributed by atoms with Crippen molar-refractivity contribution in [3.05, 3.63) is 80.2 Å². The number of hydrogen-bond acceptors (Lipinski definition) is 1. The summed E-state index contributed by atoms with van der Waals surface area (Å²) in [6.45, 7) is 8.60. The minimum Gasteiger partial charge on any atom is -0.318 e. The smallest absolute Gasteiger partial charge is 0.0640 e. The quantitative estimate of drug-likeness (QED) is 0.356. The van der Waals surface area contributed by atoms with E-state index in [2.05, 4.69) is 96.2 Å². The molecule has 0 aliphatic heterocycles. The fourth-order valence-electron chi connectivity index (χ4n) is 2.88. The van der Waals surface area contributed by atoms with Crippen molar-refractivity contribution in [2.24, 2.45) is 4.99 Å². The van der Waals surface area contributed by atoms with E-state index in [1.807, 2.05) is 18.3 Å². The molecule has 1 aromatic heterocycles. The minimum atomic E-state index is 0.984. The van der Waals surface area contributed by atoms with Gasteiger partial charge in [-0.1, -0.05) is 12.1 Å². The van der Waals surface area contributed by atoms with Gasteiger partial charge in [-0.05, 0) is 97.8 Å². The summed E-state index contributed by atoms with van der Waals surface area (Å²) in [5, 5.41) is 0. The first-order valence-corrected chi connectivity index (χ1v) is 9.10. The van der Waals surface area contributed by atoms with Crippen molar-refractivity contribution in [2.75, 3.05) is 0 Å². The Morgan fingerprint density at radius 1 is 0.917 bits per heavy atom. The van der Waals surface area contributed by atoms with Crippen molar-refractivity contribution in [1.29, 1.82) is 0 Å². The van der Waals surface area contributed by atoms with E-state index >= 15 is 0 Å². The highest BCUT2D eigenvalue weighted by Crippen LogP contribution is 2.23. The first kappa shape index (κ1) is 17.0. The molecule has 0 radical (unpaired) electrons. The second kappa shape index (κ2) is 6.93. The van der Waals surface area contributed by atoms with Crippen LogP contribution in [0, 0.1) is 31.3 Å². The molecular formula is C21H21IN2. The van der Waals surface area contributed by atoms with E-state index in [4.69, 9.17) is 0 Å². The number of rotatable bonds is 3. The lowest BCUT2D eigenvalue weighted by Crippen LogP contribution is -2.00. The minimum absolute atomic E-state index is 0.984. The Labute approximate surface area is 157 Å². The molecule has 2 aromatic carbocycles. The number of halogens is 1. The number of hydrogen-bond donors (Lipinski definition) is 0. The second-order valence-corrected chi connectivity index (χ2v) is 7.41. The van der Waals surface area contributed by atoms with Crippen LogP contribution in [0.2, 0.25) is 0 Å². The Kier molecular flexibility index (Phi) is 4.90. The van der Waals surface area contributed by atoms with Crippen molar-refractivity contribution in [3.8, 4) is 5.69 Å². The van der Waals surface area contributed by atoms with Crippen LogP contribution < -0.4 is 0 Å². The van der Waals surface area contributed by atoms with Crippen molar-refractivity contribution >= 4 is 34.5 Å². The average Bonchev–Trinajstić information content (AvgIpc) is 2.82. The largest absolute Gasteiger partial charge is 0.318 e. The SMILES string of the molecule is Cc1ccc(-n2c(C)cc(C=Nc3cccc(I)c3)c2C)cc1C. The van der Waals surface area contributed by atoms with Gasteiger partial charge in [0.15, 0.2) is 0 Å². The average molecular weight is 428 g/mol. The highest BCUT2D eigenvalue weighted by atomic mass is 127. The van der Waals surface area contributed by atoms with Gasteiger partial charge in [-0.3, -0.25) is 4.99 Å². The first-order valence-electron chi connectivity index (χ1n) is 8.02. The molecule has 0 saturated heterocycles. The summed E-state index contributed by atoms with van der Waals surface area (Å²) in [6.07, 6.45) is 1.96. The van der Waals surface area contributed by atoms with Gasteiger partial charge in [-0.2, -0.15) is 0 Å². The van der Waals surface area contributed by atoms with Gasteiger partial charge in [0.25, 0.3) is 0 Å². The Bertz CT molecular complexity index is 920. The third-order valence-corrected chi connectivity index (χ3v) is 5.05. The predicted octanol–water partition coefficient (Wildman–Crippen LogP) is 6.07. The molecule has 0 fully saturated rings. The van der Waals surface area contributed by atoms with E-state index in [1.54, 1.807) is 0 Å². The second-order valence-electron chi connectivity index (χ2n) is 6.17. The Balaban J connectivity index is 1.98. The van der Waals surface area contributed by atoms with Crippen LogP contribution in [-0.2, 0) is 0 Å². The molecule has 0 amide bonds. The number of aliphatic imine (C=N–C) groups is 1. The van der Waals surface area contributed by atoms with Crippen LogP contribution in [-0.4, -0.2) is 10.8 Å². The van der Waals surface area contributed by atoms with Crippen molar-refractivity contribution < 1.29 is 0 Å². The normalized spacial score (nSPS) is 11.4. The number of aryl methyl sites for hydroxylation is 3. The van der Waals surface area contributed by atoms with E-state index in [1.165, 1.54) is 31.8 Å². The summed E-state index contributed by atoms with van der Waals surface area (Å²) in [4.78, 5) is 4.63. The maximum atomic E-state index is 4.63. The summed E-state index contributed by atoms with van der Waals surface area (Å²) < 4.78 is 3.49. The molecule has 0 N–H and O–H groups in total. The van der Waals surface area contributed by atoms with E-state index in [9.17, 15) is 0 Å². The van der Waals surface area contributed by atoms with Gasteiger partial charge in [0, 0.05) is 32.4 Å². The maximum Gasteiger partial charge on any atom is 0.0640 e. The Morgan fingerprint density at radius 3 is 2.42 bits per heavy atom. The lowest BCUT2D eigenvalue weighted by molar-refractivity contribution is 0.961. The fourth-order valence-corrected chi connectivity index (χ4v) is 3.41. The topological polar surface area (TPSA) is 17.3 Å². The molecule has 2 nitrogen and oxygen atoms in total. The van der Waals surface area contributed by atoms with Crippen molar-refractivity contribution in [2.45, 2.75) is 27.7 Å². The summed E-state index contributed by atoms with van der Waals surface area (Å²) in [7, 11) is 0. The molecule has 24 heavy (non-hydrogen) atoms. The van der Waals surface area contributed by atoms with Crippen molar-refractivity contribution in [1.82, 2.24) is 4.57 Å². The lowest BCUT2D eigenvalue weighted by atomic mass is 10.1. The van der Waals surface area contributed by atoms with Crippen molar-refractivity contribution in [3.63, 3.8) is 0 Å². The van der Waals surface area contributed by atoms with Gasteiger partial charge < -0.3 is 4.57 Å². The first-order chi connectivity index (χ1) is 11.5. The van der Waals surface area contributed by atoms with Gasteiger partial charge in [-0.25, -0.2) is 0 Å². The van der Waals surface area contributed by atoms with Crippen LogP contribution in [0.1, 0.15) is 28.1 Å². The monoisotopic (exact) mass is 428 g/mol.